The Bertz CT molecular complexity index is 2090. The third-order valence-corrected chi connectivity index (χ3v) is 11.2. The summed E-state index contributed by atoms with van der Waals surface area (Å²) in [6, 6.07) is 8.15. The van der Waals surface area contributed by atoms with Crippen molar-refractivity contribution < 1.29 is 33.9 Å². The number of nitrogens with two attached hydrogens (primary N) is 1. The maximum Gasteiger partial charge on any atom is 0.201 e. The van der Waals surface area contributed by atoms with Gasteiger partial charge >= 0.3 is 0 Å². The molecule has 16 nitrogen and oxygen atoms in total. The second kappa shape index (κ2) is 17.4. The van der Waals surface area contributed by atoms with E-state index in [1.54, 1.807) is 15.6 Å². The maximum atomic E-state index is 12.5. The van der Waals surface area contributed by atoms with Crippen molar-refractivity contribution in [3.8, 4) is 11.8 Å². The summed E-state index contributed by atoms with van der Waals surface area (Å²) in [5.74, 6) is 8.18. The quantitative estimate of drug-likeness (QED) is 0.0948. The smallest absolute Gasteiger partial charge is 0.201 e. The molecule has 5 aliphatic rings. The predicted molar refractivity (Wildman–Crippen MR) is 222 cm³/mol. The normalized spacial score (nSPS) is 24.2. The van der Waals surface area contributed by atoms with Gasteiger partial charge in [-0.1, -0.05) is 63.5 Å². The highest BCUT2D eigenvalue weighted by atomic mass is 16.7. The minimum Gasteiger partial charge on any atom is -0.630 e. The molecule has 3 aromatic rings. The molecular formula is C44H59N9O7. The van der Waals surface area contributed by atoms with E-state index in [2.05, 4.69) is 78.6 Å². The van der Waals surface area contributed by atoms with Crippen LogP contribution in [0.15, 0.2) is 66.8 Å². The van der Waals surface area contributed by atoms with E-state index < -0.39 is 6.29 Å². The molecule has 3 aliphatic heterocycles. The van der Waals surface area contributed by atoms with Gasteiger partial charge in [-0.3, -0.25) is 0 Å². The number of hydrogen-bond acceptors (Lipinski definition) is 13. The number of quaternary nitrogens is 1. The number of ether oxygens (including phenoxy) is 6. The zero-order valence-electron chi connectivity index (χ0n) is 35.7. The van der Waals surface area contributed by atoms with Gasteiger partial charge in [0.25, 0.3) is 0 Å². The van der Waals surface area contributed by atoms with Crippen molar-refractivity contribution >= 4 is 17.2 Å². The molecule has 8 rings (SSSR count). The van der Waals surface area contributed by atoms with Crippen LogP contribution in [-0.2, 0) is 41.5 Å². The van der Waals surface area contributed by atoms with Crippen LogP contribution in [0.2, 0.25) is 0 Å². The third kappa shape index (κ3) is 10.6. The lowest BCUT2D eigenvalue weighted by atomic mass is 9.82. The van der Waals surface area contributed by atoms with Crippen LogP contribution in [0.4, 0.5) is 11.5 Å². The molecule has 2 N–H and O–H groups in total. The topological polar surface area (TPSA) is 163 Å². The fourth-order valence-corrected chi connectivity index (χ4v) is 7.25. The van der Waals surface area contributed by atoms with E-state index in [1.807, 2.05) is 54.6 Å². The van der Waals surface area contributed by atoms with Crippen molar-refractivity contribution in [2.24, 2.45) is 22.2 Å². The lowest BCUT2D eigenvalue weighted by molar-refractivity contribution is -0.489. The van der Waals surface area contributed by atoms with E-state index >= 15 is 0 Å². The number of nitrogens with zero attached hydrogens (tertiary/aromatic N) is 8. The molecule has 5 heterocycles. The lowest BCUT2D eigenvalue weighted by Gasteiger charge is -2.49. The summed E-state index contributed by atoms with van der Waals surface area (Å²) in [6.07, 6.45) is 9.61. The Balaban J connectivity index is 0.808. The molecule has 0 radical (unpaired) electrons. The molecule has 2 unspecified atom stereocenters. The molecule has 16 heteroatoms. The van der Waals surface area contributed by atoms with Crippen LogP contribution < -0.4 is 10.4 Å². The van der Waals surface area contributed by atoms with E-state index in [4.69, 9.17) is 28.4 Å². The molecule has 0 spiro atoms. The average Bonchev–Trinajstić information content (AvgIpc) is 4.09. The van der Waals surface area contributed by atoms with E-state index in [1.165, 1.54) is 0 Å². The average molecular weight is 826 g/mol. The van der Waals surface area contributed by atoms with Crippen LogP contribution in [0.5, 0.6) is 0 Å². The van der Waals surface area contributed by atoms with E-state index in [-0.39, 0.29) is 40.7 Å². The Morgan fingerprint density at radius 1 is 0.933 bits per heavy atom. The van der Waals surface area contributed by atoms with Gasteiger partial charge in [0.15, 0.2) is 29.9 Å². The SMILES string of the molecule is C=C/C(=C\C(OC1CC1)=C(/[NH2+][O-])c1cn(CC2OCC(C)(C)CO2)nn1)N1CC(C)(COC2CC2C#Cc2ccc(N(C)c3cn(CC4OCC(C)(C)CO4)nn3)cc2)C1. The van der Waals surface area contributed by atoms with Crippen LogP contribution in [-0.4, -0.2) is 113 Å². The predicted octanol–water partition coefficient (Wildman–Crippen LogP) is 4.19. The molecule has 2 aromatic heterocycles. The molecule has 322 valence electrons. The molecule has 2 aliphatic carbocycles. The number of likely N-dealkylation sites (tertiary alicyclic amines) is 1. The molecule has 1 aromatic carbocycles. The number of benzene rings is 1. The second-order valence-electron chi connectivity index (χ2n) is 18.8. The largest absolute Gasteiger partial charge is 0.630 e. The highest BCUT2D eigenvalue weighted by Crippen LogP contribution is 2.39. The summed E-state index contributed by atoms with van der Waals surface area (Å²) in [7, 11) is 1.97. The lowest BCUT2D eigenvalue weighted by Crippen LogP contribution is -2.74. The molecule has 0 amide bonds. The van der Waals surface area contributed by atoms with Gasteiger partial charge in [0.2, 0.25) is 5.70 Å². The Kier molecular flexibility index (Phi) is 12.2. The first-order valence-corrected chi connectivity index (χ1v) is 21.0. The fourth-order valence-electron chi connectivity index (χ4n) is 7.25. The van der Waals surface area contributed by atoms with Gasteiger partial charge in [0.05, 0.1) is 70.7 Å². The van der Waals surface area contributed by atoms with Gasteiger partial charge in [0, 0.05) is 65.3 Å². The van der Waals surface area contributed by atoms with Crippen molar-refractivity contribution in [2.45, 2.75) is 91.8 Å². The molecule has 0 bridgehead atoms. The van der Waals surface area contributed by atoms with Crippen LogP contribution in [0, 0.1) is 39.2 Å². The van der Waals surface area contributed by atoms with E-state index in [0.29, 0.717) is 63.3 Å². The van der Waals surface area contributed by atoms with E-state index in [0.717, 1.165) is 60.6 Å². The number of allylic oxidation sites excluding steroid dienone is 2. The van der Waals surface area contributed by atoms with Gasteiger partial charge in [-0.15, -0.1) is 10.2 Å². The minimum absolute atomic E-state index is 0.0244. The number of hydrogen-bond donors (Lipinski definition) is 1. The molecule has 3 saturated heterocycles. The van der Waals surface area contributed by atoms with Crippen molar-refractivity contribution in [2.75, 3.05) is 58.1 Å². The molecule has 2 atom stereocenters. The summed E-state index contributed by atoms with van der Waals surface area (Å²) >= 11 is 0. The van der Waals surface area contributed by atoms with Crippen LogP contribution in [0.1, 0.15) is 65.1 Å². The Hall–Kier alpha value is -4.60. The summed E-state index contributed by atoms with van der Waals surface area (Å²) in [5, 5.41) is 29.7. The first-order valence-electron chi connectivity index (χ1n) is 21.0. The zero-order valence-corrected chi connectivity index (χ0v) is 35.7. The summed E-state index contributed by atoms with van der Waals surface area (Å²) in [5.41, 5.74) is 4.36. The summed E-state index contributed by atoms with van der Waals surface area (Å²) in [4.78, 5) is 4.23. The first kappa shape index (κ1) is 42.1. The van der Waals surface area contributed by atoms with Crippen molar-refractivity contribution in [1.29, 1.82) is 0 Å². The van der Waals surface area contributed by atoms with Crippen LogP contribution >= 0.6 is 0 Å². The third-order valence-electron chi connectivity index (χ3n) is 11.2. The monoisotopic (exact) mass is 825 g/mol. The van der Waals surface area contributed by atoms with Crippen molar-refractivity contribution in [3.63, 3.8) is 0 Å². The number of aromatic nitrogens is 6. The molecule has 2 saturated carbocycles. The van der Waals surface area contributed by atoms with Crippen molar-refractivity contribution in [1.82, 2.24) is 34.9 Å². The second-order valence-corrected chi connectivity index (χ2v) is 18.8. The molecule has 5 fully saturated rings. The number of hydroxylamine groups is 1. The van der Waals surface area contributed by atoms with Crippen LogP contribution in [0.25, 0.3) is 5.70 Å². The standard InChI is InChI=1S/C44H59N9O7/c1-8-32(18-37(60-34-15-16-34)41(47-54)35-19-52(48-45-35)21-39-56-25-42(2,3)26-57-39)51-23-44(6,24-51)29-55-36-17-31(36)12-9-30-10-13-33(14-11-30)50(7)38-20-53(49-46-38)22-40-58-27-43(4,5)28-59-40/h8,10-11,13-14,18-20,31,34,36,39-40H,1,15-17,21-29,47H2,2-7H3/b32-18+,41-37+. The minimum atomic E-state index is -0.425. The Morgan fingerprint density at radius 3 is 2.15 bits per heavy atom. The number of rotatable bonds is 16. The first-order chi connectivity index (χ1) is 28.8. The molecular weight excluding hydrogens is 767 g/mol. The summed E-state index contributed by atoms with van der Waals surface area (Å²) < 4.78 is 39.5. The Labute approximate surface area is 352 Å². The fraction of sp³-hybridized carbons (Fsp3) is 0.591. The van der Waals surface area contributed by atoms with Gasteiger partial charge in [-0.25, -0.2) is 9.36 Å². The highest BCUT2D eigenvalue weighted by molar-refractivity contribution is 5.60. The highest BCUT2D eigenvalue weighted by Gasteiger charge is 2.44. The van der Waals surface area contributed by atoms with E-state index in [9.17, 15) is 5.21 Å². The molecule has 60 heavy (non-hydrogen) atoms. The Morgan fingerprint density at radius 2 is 1.55 bits per heavy atom. The van der Waals surface area contributed by atoms with Gasteiger partial charge < -0.3 is 48.9 Å². The van der Waals surface area contributed by atoms with Crippen molar-refractivity contribution in [3.05, 3.63) is 83.3 Å². The van der Waals surface area contributed by atoms with Crippen LogP contribution in [0.3, 0.4) is 0 Å². The zero-order chi connectivity index (χ0) is 42.1. The maximum absolute atomic E-state index is 12.5. The number of anilines is 2. The van der Waals surface area contributed by atoms with Gasteiger partial charge in [0.1, 0.15) is 0 Å². The van der Waals surface area contributed by atoms with Gasteiger partial charge in [-0.05, 0) is 49.6 Å². The van der Waals surface area contributed by atoms with Gasteiger partial charge in [-0.2, -0.15) is 0 Å². The summed E-state index contributed by atoms with van der Waals surface area (Å²) in [6.45, 7) is 20.4.